The minimum atomic E-state index is -0.186. The van der Waals surface area contributed by atoms with E-state index in [1.54, 1.807) is 0 Å². The van der Waals surface area contributed by atoms with Gasteiger partial charge in [0.25, 0.3) is 0 Å². The van der Waals surface area contributed by atoms with E-state index in [9.17, 15) is 4.79 Å². The van der Waals surface area contributed by atoms with Gasteiger partial charge in [0.2, 0.25) is 5.91 Å². The third-order valence-electron chi connectivity index (χ3n) is 4.67. The van der Waals surface area contributed by atoms with Crippen molar-refractivity contribution in [3.63, 3.8) is 0 Å². The first-order chi connectivity index (χ1) is 10.1. The van der Waals surface area contributed by atoms with Crippen LogP contribution in [0.1, 0.15) is 61.6 Å². The minimum absolute atomic E-state index is 0.186. The van der Waals surface area contributed by atoms with Gasteiger partial charge in [-0.15, -0.1) is 0 Å². The zero-order chi connectivity index (χ0) is 15.0. The van der Waals surface area contributed by atoms with Crippen molar-refractivity contribution < 1.29 is 9.53 Å². The van der Waals surface area contributed by atoms with Crippen LogP contribution >= 0.6 is 15.9 Å². The lowest BCUT2D eigenvalue weighted by Crippen LogP contribution is -2.09. The molecule has 1 aromatic carbocycles. The molecule has 1 aromatic rings. The molecular weight excluding hydrogens is 330 g/mol. The summed E-state index contributed by atoms with van der Waals surface area (Å²) in [7, 11) is 0. The second-order valence-electron chi connectivity index (χ2n) is 6.32. The highest BCUT2D eigenvalue weighted by Gasteiger charge is 2.33. The summed E-state index contributed by atoms with van der Waals surface area (Å²) in [5.74, 6) is 1.50. The van der Waals surface area contributed by atoms with E-state index < -0.39 is 0 Å². The number of benzene rings is 1. The third kappa shape index (κ3) is 2.96. The minimum Gasteiger partial charge on any atom is -0.489 e. The topological polar surface area (TPSA) is 52.3 Å². The normalized spacial score (nSPS) is 22.8. The fourth-order valence-corrected chi connectivity index (χ4v) is 4.39. The van der Waals surface area contributed by atoms with Crippen LogP contribution < -0.4 is 10.5 Å². The van der Waals surface area contributed by atoms with E-state index >= 15 is 0 Å². The van der Waals surface area contributed by atoms with Crippen molar-refractivity contribution in [1.29, 1.82) is 0 Å². The molecule has 0 saturated carbocycles. The van der Waals surface area contributed by atoms with Crippen molar-refractivity contribution in [2.45, 2.75) is 63.9 Å². The summed E-state index contributed by atoms with van der Waals surface area (Å²) < 4.78 is 7.07. The average Bonchev–Trinajstić information content (AvgIpc) is 2.98. The lowest BCUT2D eigenvalue weighted by atomic mass is 9.89. The van der Waals surface area contributed by atoms with Gasteiger partial charge < -0.3 is 10.5 Å². The maximum atomic E-state index is 10.8. The number of rotatable bonds is 5. The predicted molar refractivity (Wildman–Crippen MR) is 86.7 cm³/mol. The van der Waals surface area contributed by atoms with E-state index in [0.717, 1.165) is 42.3 Å². The van der Waals surface area contributed by atoms with Gasteiger partial charge in [-0.3, -0.25) is 4.79 Å². The van der Waals surface area contributed by atoms with Crippen LogP contribution in [0.15, 0.2) is 10.5 Å². The van der Waals surface area contributed by atoms with Crippen LogP contribution in [0.5, 0.6) is 5.75 Å². The number of carbonyl (C=O) groups is 1. The molecule has 3 rings (SSSR count). The Balaban J connectivity index is 1.76. The first-order valence-electron chi connectivity index (χ1n) is 7.85. The second kappa shape index (κ2) is 5.99. The number of carbonyl (C=O) groups excluding carboxylic acids is 1. The summed E-state index contributed by atoms with van der Waals surface area (Å²) in [5.41, 5.74) is 9.65. The van der Waals surface area contributed by atoms with E-state index in [-0.39, 0.29) is 12.0 Å². The van der Waals surface area contributed by atoms with Crippen LogP contribution in [-0.4, -0.2) is 12.0 Å². The van der Waals surface area contributed by atoms with Gasteiger partial charge in [-0.05, 0) is 71.6 Å². The molecule has 0 bridgehead atoms. The van der Waals surface area contributed by atoms with E-state index in [0.29, 0.717) is 12.3 Å². The Kier molecular flexibility index (Phi) is 4.25. The SMILES string of the molecule is CC1Cc2c(c(Br)cc3c2C(CCCCC(N)=O)CC3)O1. The summed E-state index contributed by atoms with van der Waals surface area (Å²) in [6, 6.07) is 2.25. The zero-order valence-electron chi connectivity index (χ0n) is 12.5. The van der Waals surface area contributed by atoms with Gasteiger partial charge in [0.1, 0.15) is 11.9 Å². The number of hydrogen-bond acceptors (Lipinski definition) is 2. The number of ether oxygens (including phenoxy) is 1. The Morgan fingerprint density at radius 1 is 1.48 bits per heavy atom. The summed E-state index contributed by atoms with van der Waals surface area (Å²) in [5, 5.41) is 0. The number of halogens is 1. The molecule has 1 aliphatic carbocycles. The molecule has 0 aromatic heterocycles. The maximum absolute atomic E-state index is 10.8. The molecule has 114 valence electrons. The molecule has 2 atom stereocenters. The molecule has 21 heavy (non-hydrogen) atoms. The average molecular weight is 352 g/mol. The monoisotopic (exact) mass is 351 g/mol. The largest absolute Gasteiger partial charge is 0.489 e. The Bertz CT molecular complexity index is 570. The number of hydrogen-bond donors (Lipinski definition) is 1. The Morgan fingerprint density at radius 2 is 2.29 bits per heavy atom. The smallest absolute Gasteiger partial charge is 0.217 e. The van der Waals surface area contributed by atoms with E-state index in [2.05, 4.69) is 28.9 Å². The summed E-state index contributed by atoms with van der Waals surface area (Å²) in [6.07, 6.45) is 7.34. The van der Waals surface area contributed by atoms with Crippen LogP contribution in [0.25, 0.3) is 0 Å². The quantitative estimate of drug-likeness (QED) is 0.819. The number of amides is 1. The van der Waals surface area contributed by atoms with E-state index in [1.165, 1.54) is 23.1 Å². The van der Waals surface area contributed by atoms with Crippen LogP contribution in [0.4, 0.5) is 0 Å². The molecule has 4 heteroatoms. The molecule has 3 nitrogen and oxygen atoms in total. The highest BCUT2D eigenvalue weighted by Crippen LogP contribution is 2.48. The molecule has 2 aliphatic rings. The van der Waals surface area contributed by atoms with Gasteiger partial charge in [0.15, 0.2) is 0 Å². The number of aryl methyl sites for hydroxylation is 1. The van der Waals surface area contributed by atoms with Gasteiger partial charge in [0.05, 0.1) is 4.47 Å². The van der Waals surface area contributed by atoms with Crippen LogP contribution in [0.3, 0.4) is 0 Å². The second-order valence-corrected chi connectivity index (χ2v) is 7.17. The highest BCUT2D eigenvalue weighted by atomic mass is 79.9. The Hall–Kier alpha value is -1.03. The molecule has 0 spiro atoms. The lowest BCUT2D eigenvalue weighted by Gasteiger charge is -2.15. The molecule has 0 fully saturated rings. The standard InChI is InChI=1S/C17H22BrNO2/c1-10-8-13-16-11(4-2-3-5-15(19)20)6-7-12(16)9-14(18)17(13)21-10/h9-11H,2-8H2,1H3,(H2,19,20). The van der Waals surface area contributed by atoms with Crippen LogP contribution in [0.2, 0.25) is 0 Å². The first kappa shape index (κ1) is 14.9. The first-order valence-corrected chi connectivity index (χ1v) is 8.64. The van der Waals surface area contributed by atoms with Crippen molar-refractivity contribution in [2.24, 2.45) is 5.73 Å². The molecule has 2 unspecified atom stereocenters. The van der Waals surface area contributed by atoms with Crippen molar-refractivity contribution in [3.05, 3.63) is 27.2 Å². The van der Waals surface area contributed by atoms with Gasteiger partial charge in [-0.2, -0.15) is 0 Å². The van der Waals surface area contributed by atoms with Gasteiger partial charge in [0, 0.05) is 18.4 Å². The molecule has 2 N–H and O–H groups in total. The predicted octanol–water partition coefficient (Wildman–Crippen LogP) is 3.85. The number of fused-ring (bicyclic) bond motifs is 3. The van der Waals surface area contributed by atoms with Crippen LogP contribution in [-0.2, 0) is 17.6 Å². The zero-order valence-corrected chi connectivity index (χ0v) is 14.0. The summed E-state index contributed by atoms with van der Waals surface area (Å²) >= 11 is 3.65. The molecule has 1 amide bonds. The van der Waals surface area contributed by atoms with Crippen LogP contribution in [0, 0.1) is 0 Å². The van der Waals surface area contributed by atoms with Crippen molar-refractivity contribution in [1.82, 2.24) is 0 Å². The molecule has 1 aliphatic heterocycles. The summed E-state index contributed by atoms with van der Waals surface area (Å²) in [4.78, 5) is 10.8. The van der Waals surface area contributed by atoms with Gasteiger partial charge >= 0.3 is 0 Å². The van der Waals surface area contributed by atoms with Gasteiger partial charge in [-0.25, -0.2) is 0 Å². The molecule has 0 radical (unpaired) electrons. The van der Waals surface area contributed by atoms with Crippen molar-refractivity contribution in [3.8, 4) is 5.75 Å². The molecule has 0 saturated heterocycles. The number of unbranched alkanes of at least 4 members (excludes halogenated alkanes) is 1. The summed E-state index contributed by atoms with van der Waals surface area (Å²) in [6.45, 7) is 2.13. The van der Waals surface area contributed by atoms with Crippen molar-refractivity contribution in [2.75, 3.05) is 0 Å². The van der Waals surface area contributed by atoms with Crippen molar-refractivity contribution >= 4 is 21.8 Å². The Morgan fingerprint density at radius 3 is 3.05 bits per heavy atom. The third-order valence-corrected chi connectivity index (χ3v) is 5.26. The molecular formula is C17H22BrNO2. The number of primary amides is 1. The maximum Gasteiger partial charge on any atom is 0.217 e. The van der Waals surface area contributed by atoms with E-state index in [4.69, 9.17) is 10.5 Å². The number of nitrogens with two attached hydrogens (primary N) is 1. The fraction of sp³-hybridized carbons (Fsp3) is 0.588. The lowest BCUT2D eigenvalue weighted by molar-refractivity contribution is -0.118. The highest BCUT2D eigenvalue weighted by molar-refractivity contribution is 9.10. The fourth-order valence-electron chi connectivity index (χ4n) is 3.79. The van der Waals surface area contributed by atoms with E-state index in [1.807, 2.05) is 0 Å². The van der Waals surface area contributed by atoms with Gasteiger partial charge in [-0.1, -0.05) is 6.42 Å². The Labute approximate surface area is 134 Å². The molecule has 1 heterocycles.